The number of nitrogens with one attached hydrogen (secondary N) is 1. The fourth-order valence-corrected chi connectivity index (χ4v) is 6.27. The highest BCUT2D eigenvalue weighted by Gasteiger charge is 2.35. The number of sulfonamides is 1. The van der Waals surface area contributed by atoms with Crippen LogP contribution in [-0.4, -0.2) is 43.3 Å². The molecule has 1 N–H and O–H groups in total. The lowest BCUT2D eigenvalue weighted by molar-refractivity contribution is -0.141. The summed E-state index contributed by atoms with van der Waals surface area (Å²) >= 11 is 18.6. The van der Waals surface area contributed by atoms with Crippen LogP contribution in [0.1, 0.15) is 45.2 Å². The summed E-state index contributed by atoms with van der Waals surface area (Å²) in [5, 5.41) is 3.90. The van der Waals surface area contributed by atoms with Crippen LogP contribution in [0.4, 0.5) is 5.69 Å². The third-order valence-electron chi connectivity index (χ3n) is 6.27. The Morgan fingerprint density at radius 1 is 0.927 bits per heavy atom. The molecular weight excluding hydrogens is 605 g/mol. The van der Waals surface area contributed by atoms with Gasteiger partial charge in [0.05, 0.1) is 20.6 Å². The summed E-state index contributed by atoms with van der Waals surface area (Å²) < 4.78 is 29.0. The zero-order valence-electron chi connectivity index (χ0n) is 23.6. The van der Waals surface area contributed by atoms with Gasteiger partial charge >= 0.3 is 0 Å². The molecule has 0 aliphatic rings. The molecule has 0 fully saturated rings. The van der Waals surface area contributed by atoms with Crippen molar-refractivity contribution in [3.8, 4) is 0 Å². The molecular formula is C30H34Cl3N3O4S. The van der Waals surface area contributed by atoms with E-state index in [0.29, 0.717) is 26.2 Å². The van der Waals surface area contributed by atoms with E-state index in [0.717, 1.165) is 4.31 Å². The number of anilines is 1. The van der Waals surface area contributed by atoms with Gasteiger partial charge in [-0.05, 0) is 81.6 Å². The summed E-state index contributed by atoms with van der Waals surface area (Å²) in [5.41, 5.74) is 0.946. The van der Waals surface area contributed by atoms with E-state index >= 15 is 0 Å². The third-order valence-corrected chi connectivity index (χ3v) is 9.02. The van der Waals surface area contributed by atoms with Crippen LogP contribution in [0.15, 0.2) is 71.6 Å². The molecule has 0 bridgehead atoms. The minimum absolute atomic E-state index is 0.000452. The van der Waals surface area contributed by atoms with Crippen molar-refractivity contribution in [2.75, 3.05) is 10.8 Å². The van der Waals surface area contributed by atoms with Gasteiger partial charge in [-0.15, -0.1) is 0 Å². The van der Waals surface area contributed by atoms with Gasteiger partial charge in [0.25, 0.3) is 10.0 Å². The van der Waals surface area contributed by atoms with Crippen molar-refractivity contribution in [2.24, 2.45) is 0 Å². The average Bonchev–Trinajstić information content (AvgIpc) is 2.90. The molecule has 0 aliphatic heterocycles. The molecule has 0 aromatic heterocycles. The quantitative estimate of drug-likeness (QED) is 0.263. The van der Waals surface area contributed by atoms with Crippen LogP contribution in [0.2, 0.25) is 15.1 Å². The number of carbonyl (C=O) groups is 2. The highest BCUT2D eigenvalue weighted by atomic mass is 35.5. The van der Waals surface area contributed by atoms with Gasteiger partial charge in [0.1, 0.15) is 12.6 Å². The number of hydrogen-bond acceptors (Lipinski definition) is 4. The Balaban J connectivity index is 2.12. The van der Waals surface area contributed by atoms with Crippen LogP contribution < -0.4 is 9.62 Å². The lowest BCUT2D eigenvalue weighted by atomic mass is 10.1. The van der Waals surface area contributed by atoms with Crippen molar-refractivity contribution in [1.29, 1.82) is 0 Å². The Kier molecular flexibility index (Phi) is 10.7. The number of hydrogen-bond donors (Lipinski definition) is 1. The van der Waals surface area contributed by atoms with E-state index < -0.39 is 34.1 Å². The maximum Gasteiger partial charge on any atom is 0.264 e. The Labute approximate surface area is 257 Å². The number of nitrogens with zero attached hydrogens (tertiary/aromatic N) is 2. The fourth-order valence-electron chi connectivity index (χ4n) is 4.29. The normalized spacial score (nSPS) is 12.5. The van der Waals surface area contributed by atoms with Crippen molar-refractivity contribution in [2.45, 2.75) is 64.1 Å². The Hall–Kier alpha value is -2.78. The van der Waals surface area contributed by atoms with Crippen molar-refractivity contribution >= 4 is 62.3 Å². The number of amides is 2. The zero-order chi connectivity index (χ0) is 30.5. The van der Waals surface area contributed by atoms with Gasteiger partial charge in [0, 0.05) is 17.1 Å². The molecule has 3 aromatic carbocycles. The molecule has 0 heterocycles. The number of carbonyl (C=O) groups excluding carboxylic acids is 2. The fraction of sp³-hybridized carbons (Fsp3) is 0.333. The maximum atomic E-state index is 14.2. The van der Waals surface area contributed by atoms with Gasteiger partial charge in [-0.3, -0.25) is 13.9 Å². The highest BCUT2D eigenvalue weighted by Crippen LogP contribution is 2.30. The molecule has 3 aromatic rings. The molecule has 0 saturated carbocycles. The summed E-state index contributed by atoms with van der Waals surface area (Å²) in [6, 6.07) is 16.8. The molecule has 7 nitrogen and oxygen atoms in total. The van der Waals surface area contributed by atoms with E-state index in [4.69, 9.17) is 34.8 Å². The van der Waals surface area contributed by atoms with Crippen LogP contribution in [0.3, 0.4) is 0 Å². The Morgan fingerprint density at radius 2 is 1.59 bits per heavy atom. The molecule has 2 amide bonds. The second kappa shape index (κ2) is 13.5. The first-order valence-electron chi connectivity index (χ1n) is 13.0. The summed E-state index contributed by atoms with van der Waals surface area (Å²) in [6.07, 6.45) is 0.288. The van der Waals surface area contributed by atoms with Gasteiger partial charge in [0.15, 0.2) is 0 Å². The summed E-state index contributed by atoms with van der Waals surface area (Å²) in [7, 11) is -4.20. The number of halogens is 3. The summed E-state index contributed by atoms with van der Waals surface area (Å²) in [5.74, 6) is -0.935. The number of benzene rings is 3. The standard InChI is InChI=1S/C30H34Cl3N3O4S/c1-6-26(29(38)34-30(3,4)5)35(18-21-13-15-24(32)25(33)16-21)28(37)19-36(27-17-22(31)14-12-20(27)2)41(39,40)23-10-8-7-9-11-23/h7-17,26H,6,18-19H2,1-5H3,(H,34,38). The van der Waals surface area contributed by atoms with Crippen LogP contribution >= 0.6 is 34.8 Å². The lowest BCUT2D eigenvalue weighted by Gasteiger charge is -2.35. The molecule has 11 heteroatoms. The van der Waals surface area contributed by atoms with Gasteiger partial charge in [-0.2, -0.15) is 0 Å². The summed E-state index contributed by atoms with van der Waals surface area (Å²) in [4.78, 5) is 29.0. The molecule has 0 saturated heterocycles. The second-order valence-corrected chi connectivity index (χ2v) is 13.8. The first kappa shape index (κ1) is 32.7. The SMILES string of the molecule is CCC(C(=O)NC(C)(C)C)N(Cc1ccc(Cl)c(Cl)c1)C(=O)CN(c1cc(Cl)ccc1C)S(=O)(=O)c1ccccc1. The molecule has 0 aliphatic carbocycles. The molecule has 0 radical (unpaired) electrons. The summed E-state index contributed by atoms with van der Waals surface area (Å²) in [6.45, 7) is 8.50. The average molecular weight is 639 g/mol. The third kappa shape index (κ3) is 8.38. The first-order chi connectivity index (χ1) is 19.1. The van der Waals surface area contributed by atoms with Crippen molar-refractivity contribution in [1.82, 2.24) is 10.2 Å². The van der Waals surface area contributed by atoms with Crippen LogP contribution in [0.5, 0.6) is 0 Å². The zero-order valence-corrected chi connectivity index (χ0v) is 26.7. The van der Waals surface area contributed by atoms with Crippen LogP contribution in [0.25, 0.3) is 0 Å². The molecule has 220 valence electrons. The largest absolute Gasteiger partial charge is 0.350 e. The second-order valence-electron chi connectivity index (χ2n) is 10.7. The van der Waals surface area contributed by atoms with Crippen molar-refractivity contribution in [3.05, 3.63) is 92.9 Å². The van der Waals surface area contributed by atoms with E-state index in [1.54, 1.807) is 62.4 Å². The van der Waals surface area contributed by atoms with Gasteiger partial charge in [-0.25, -0.2) is 8.42 Å². The minimum atomic E-state index is -4.20. The monoisotopic (exact) mass is 637 g/mol. The number of rotatable bonds is 10. The van der Waals surface area contributed by atoms with Gasteiger partial charge in [-0.1, -0.05) is 72.1 Å². The van der Waals surface area contributed by atoms with E-state index in [1.165, 1.54) is 23.1 Å². The van der Waals surface area contributed by atoms with E-state index in [9.17, 15) is 18.0 Å². The van der Waals surface area contributed by atoms with Crippen molar-refractivity contribution in [3.63, 3.8) is 0 Å². The van der Waals surface area contributed by atoms with Crippen LogP contribution in [0, 0.1) is 6.92 Å². The molecule has 0 spiro atoms. The molecule has 1 atom stereocenters. The van der Waals surface area contributed by atoms with E-state index in [1.807, 2.05) is 20.8 Å². The highest BCUT2D eigenvalue weighted by molar-refractivity contribution is 7.92. The minimum Gasteiger partial charge on any atom is -0.350 e. The Bertz CT molecular complexity index is 1510. The van der Waals surface area contributed by atoms with Gasteiger partial charge < -0.3 is 10.2 Å². The lowest BCUT2D eigenvalue weighted by Crippen LogP contribution is -2.55. The van der Waals surface area contributed by atoms with E-state index in [2.05, 4.69) is 5.32 Å². The predicted octanol–water partition coefficient (Wildman–Crippen LogP) is 6.87. The maximum absolute atomic E-state index is 14.2. The van der Waals surface area contributed by atoms with Crippen molar-refractivity contribution < 1.29 is 18.0 Å². The molecule has 1 unspecified atom stereocenters. The first-order valence-corrected chi connectivity index (χ1v) is 15.6. The molecule has 41 heavy (non-hydrogen) atoms. The van der Waals surface area contributed by atoms with E-state index in [-0.39, 0.29) is 29.5 Å². The Morgan fingerprint density at radius 3 is 2.17 bits per heavy atom. The topological polar surface area (TPSA) is 86.8 Å². The predicted molar refractivity (Wildman–Crippen MR) is 166 cm³/mol. The van der Waals surface area contributed by atoms with Gasteiger partial charge in [0.2, 0.25) is 11.8 Å². The number of aryl methyl sites for hydroxylation is 1. The molecule has 3 rings (SSSR count). The van der Waals surface area contributed by atoms with Crippen LogP contribution in [-0.2, 0) is 26.2 Å². The smallest absolute Gasteiger partial charge is 0.264 e.